The van der Waals surface area contributed by atoms with E-state index in [-0.39, 0.29) is 40.4 Å². The van der Waals surface area contributed by atoms with Crippen LogP contribution >= 0.6 is 0 Å². The molecule has 2 fully saturated rings. The van der Waals surface area contributed by atoms with Crippen LogP contribution in [0.15, 0.2) is 54.7 Å². The van der Waals surface area contributed by atoms with Crippen molar-refractivity contribution in [2.45, 2.75) is 45.8 Å². The zero-order valence-corrected chi connectivity index (χ0v) is 22.8. The highest BCUT2D eigenvalue weighted by Crippen LogP contribution is 2.39. The molecule has 3 aromatic rings. The third-order valence-electron chi connectivity index (χ3n) is 6.90. The second kappa shape index (κ2) is 11.7. The van der Waals surface area contributed by atoms with Crippen LogP contribution in [0, 0.1) is 11.2 Å². The van der Waals surface area contributed by atoms with Crippen molar-refractivity contribution < 1.29 is 36.6 Å². The largest absolute Gasteiger partial charge is 0.485 e. The third kappa shape index (κ3) is 6.79. The van der Waals surface area contributed by atoms with Crippen molar-refractivity contribution in [1.29, 1.82) is 0 Å². The standard InChI is InChI=1S/C30H31F4N3O4/c1-29(2)17-40-28(41-18-29)22-12-20(13-24(31)25(22)39-16-19-8-4-3-5-9-19)27(38)36-21-14-23(30(32,33)34)26(35-15-21)37-10-6-7-11-37/h3-5,8-9,12-15,28H,6-7,10-11,16-18H2,1-2H3,(H,36,38). The number of pyridine rings is 1. The van der Waals surface area contributed by atoms with Crippen molar-refractivity contribution in [3.8, 4) is 5.75 Å². The number of benzene rings is 2. The number of alkyl halides is 3. The predicted octanol–water partition coefficient (Wildman–Crippen LogP) is 6.74. The lowest BCUT2D eigenvalue weighted by Crippen LogP contribution is -2.34. The Hall–Kier alpha value is -3.70. The van der Waals surface area contributed by atoms with Crippen LogP contribution in [0.3, 0.4) is 0 Å². The van der Waals surface area contributed by atoms with Gasteiger partial charge < -0.3 is 24.4 Å². The molecule has 2 aromatic carbocycles. The van der Waals surface area contributed by atoms with Gasteiger partial charge in [0.2, 0.25) is 0 Å². The number of ether oxygens (including phenoxy) is 3. The number of amides is 1. The van der Waals surface area contributed by atoms with Gasteiger partial charge in [0.15, 0.2) is 17.9 Å². The van der Waals surface area contributed by atoms with Gasteiger partial charge in [-0.1, -0.05) is 44.2 Å². The lowest BCUT2D eigenvalue weighted by Gasteiger charge is -2.35. The van der Waals surface area contributed by atoms with Gasteiger partial charge in [-0.3, -0.25) is 4.79 Å². The summed E-state index contributed by atoms with van der Waals surface area (Å²) in [7, 11) is 0. The van der Waals surface area contributed by atoms with Gasteiger partial charge in [0, 0.05) is 24.1 Å². The summed E-state index contributed by atoms with van der Waals surface area (Å²) in [5.41, 5.74) is -0.543. The lowest BCUT2D eigenvalue weighted by molar-refractivity contribution is -0.226. The average Bonchev–Trinajstić information content (AvgIpc) is 3.47. The van der Waals surface area contributed by atoms with Gasteiger partial charge in [0.05, 0.1) is 30.7 Å². The number of anilines is 2. The molecule has 3 heterocycles. The van der Waals surface area contributed by atoms with Gasteiger partial charge in [-0.15, -0.1) is 0 Å². The summed E-state index contributed by atoms with van der Waals surface area (Å²) >= 11 is 0. The van der Waals surface area contributed by atoms with Gasteiger partial charge in [0.25, 0.3) is 5.91 Å². The minimum atomic E-state index is -4.67. The SMILES string of the molecule is CC1(C)COC(c2cc(C(=O)Nc3cnc(N4CCCC4)c(C(F)(F)F)c3)cc(F)c2OCc2ccccc2)OC1. The Morgan fingerprint density at radius 3 is 2.44 bits per heavy atom. The minimum Gasteiger partial charge on any atom is -0.485 e. The molecular weight excluding hydrogens is 542 g/mol. The van der Waals surface area contributed by atoms with Gasteiger partial charge >= 0.3 is 6.18 Å². The summed E-state index contributed by atoms with van der Waals surface area (Å²) in [6.45, 7) is 5.57. The van der Waals surface area contributed by atoms with Crippen molar-refractivity contribution in [1.82, 2.24) is 4.98 Å². The van der Waals surface area contributed by atoms with E-state index in [1.54, 1.807) is 4.90 Å². The first-order valence-electron chi connectivity index (χ1n) is 13.4. The van der Waals surface area contributed by atoms with Crippen LogP contribution in [-0.2, 0) is 22.3 Å². The zero-order valence-electron chi connectivity index (χ0n) is 22.8. The number of nitrogens with zero attached hydrogens (tertiary/aromatic N) is 2. The lowest BCUT2D eigenvalue weighted by atomic mass is 9.95. The van der Waals surface area contributed by atoms with Crippen LogP contribution in [0.5, 0.6) is 5.75 Å². The molecule has 0 saturated carbocycles. The van der Waals surface area contributed by atoms with Crippen LogP contribution in [-0.4, -0.2) is 37.2 Å². The molecule has 11 heteroatoms. The molecule has 41 heavy (non-hydrogen) atoms. The van der Waals surface area contributed by atoms with Crippen LogP contribution in [0.2, 0.25) is 0 Å². The van der Waals surface area contributed by atoms with Crippen LogP contribution in [0.25, 0.3) is 0 Å². The molecule has 2 saturated heterocycles. The molecule has 0 bridgehead atoms. The summed E-state index contributed by atoms with van der Waals surface area (Å²) in [5.74, 6) is -1.96. The van der Waals surface area contributed by atoms with Gasteiger partial charge in [-0.05, 0) is 36.6 Å². The van der Waals surface area contributed by atoms with E-state index in [1.807, 2.05) is 44.2 Å². The number of aromatic nitrogens is 1. The van der Waals surface area contributed by atoms with Gasteiger partial charge in [-0.2, -0.15) is 13.2 Å². The van der Waals surface area contributed by atoms with E-state index in [0.29, 0.717) is 26.3 Å². The van der Waals surface area contributed by atoms with Crippen molar-refractivity contribution in [2.24, 2.45) is 5.41 Å². The maximum atomic E-state index is 15.5. The Bertz CT molecular complexity index is 1380. The summed E-state index contributed by atoms with van der Waals surface area (Å²) < 4.78 is 74.6. The molecule has 0 aliphatic carbocycles. The molecule has 2 aliphatic heterocycles. The van der Waals surface area contributed by atoms with Crippen molar-refractivity contribution in [2.75, 3.05) is 36.5 Å². The fourth-order valence-electron chi connectivity index (χ4n) is 4.79. The smallest absolute Gasteiger partial charge is 0.420 e. The Labute approximate surface area is 235 Å². The Morgan fingerprint density at radius 1 is 1.10 bits per heavy atom. The highest BCUT2D eigenvalue weighted by atomic mass is 19.4. The summed E-state index contributed by atoms with van der Waals surface area (Å²) in [5, 5.41) is 2.43. The molecule has 7 nitrogen and oxygen atoms in total. The Kier molecular flexibility index (Phi) is 8.19. The number of nitrogens with one attached hydrogen (secondary N) is 1. The first-order valence-corrected chi connectivity index (χ1v) is 13.4. The van der Waals surface area contributed by atoms with Crippen LogP contribution in [0.4, 0.5) is 29.1 Å². The summed E-state index contributed by atoms with van der Waals surface area (Å²) in [6.07, 6.45) is -2.95. The summed E-state index contributed by atoms with van der Waals surface area (Å²) in [6, 6.07) is 12.4. The average molecular weight is 574 g/mol. The molecule has 1 amide bonds. The van der Waals surface area contributed by atoms with Crippen LogP contribution < -0.4 is 15.0 Å². The Morgan fingerprint density at radius 2 is 1.78 bits per heavy atom. The van der Waals surface area contributed by atoms with E-state index in [1.165, 1.54) is 12.3 Å². The molecule has 0 radical (unpaired) electrons. The molecule has 0 unspecified atom stereocenters. The van der Waals surface area contributed by atoms with E-state index in [4.69, 9.17) is 14.2 Å². The van der Waals surface area contributed by atoms with Gasteiger partial charge in [-0.25, -0.2) is 9.37 Å². The molecule has 5 rings (SSSR count). The molecule has 0 atom stereocenters. The number of hydrogen-bond donors (Lipinski definition) is 1. The second-order valence-electron chi connectivity index (χ2n) is 11.0. The predicted molar refractivity (Wildman–Crippen MR) is 144 cm³/mol. The van der Waals surface area contributed by atoms with E-state index >= 15 is 4.39 Å². The number of hydrogen-bond acceptors (Lipinski definition) is 6. The molecule has 2 aliphatic rings. The maximum Gasteiger partial charge on any atom is 0.420 e. The number of carbonyl (C=O) groups excluding carboxylic acids is 1. The quantitative estimate of drug-likeness (QED) is 0.316. The third-order valence-corrected chi connectivity index (χ3v) is 6.90. The number of halogens is 4. The topological polar surface area (TPSA) is 72.9 Å². The van der Waals surface area contributed by atoms with E-state index in [0.717, 1.165) is 30.5 Å². The molecular formula is C30H31F4N3O4. The highest BCUT2D eigenvalue weighted by molar-refractivity contribution is 6.04. The first kappa shape index (κ1) is 28.8. The monoisotopic (exact) mass is 573 g/mol. The van der Waals surface area contributed by atoms with E-state index < -0.39 is 29.8 Å². The van der Waals surface area contributed by atoms with E-state index in [2.05, 4.69) is 10.3 Å². The number of rotatable bonds is 7. The van der Waals surface area contributed by atoms with Crippen molar-refractivity contribution in [3.63, 3.8) is 0 Å². The normalized spacial score (nSPS) is 17.5. The number of carbonyl (C=O) groups is 1. The molecule has 1 N–H and O–H groups in total. The fourth-order valence-corrected chi connectivity index (χ4v) is 4.79. The second-order valence-corrected chi connectivity index (χ2v) is 11.0. The van der Waals surface area contributed by atoms with Crippen molar-refractivity contribution >= 4 is 17.4 Å². The minimum absolute atomic E-state index is 0.0593. The van der Waals surface area contributed by atoms with Crippen molar-refractivity contribution in [3.05, 3.63) is 82.8 Å². The molecule has 218 valence electrons. The molecule has 1 aromatic heterocycles. The maximum absolute atomic E-state index is 15.5. The van der Waals surface area contributed by atoms with Crippen LogP contribution in [0.1, 0.15) is 60.0 Å². The zero-order chi connectivity index (χ0) is 29.2. The van der Waals surface area contributed by atoms with Gasteiger partial charge in [0.1, 0.15) is 18.0 Å². The Balaban J connectivity index is 1.43. The molecule has 0 spiro atoms. The highest BCUT2D eigenvalue weighted by Gasteiger charge is 2.37. The first-order chi connectivity index (χ1) is 19.5. The van der Waals surface area contributed by atoms with E-state index in [9.17, 15) is 18.0 Å². The fraction of sp³-hybridized carbons (Fsp3) is 0.400. The summed E-state index contributed by atoms with van der Waals surface area (Å²) in [4.78, 5) is 18.8.